The van der Waals surface area contributed by atoms with E-state index >= 15 is 0 Å². The van der Waals surface area contributed by atoms with Gasteiger partial charge in [-0.1, -0.05) is 12.2 Å². The molecule has 0 aromatic rings. The van der Waals surface area contributed by atoms with Crippen LogP contribution in [0, 0.1) is 0 Å². The molecule has 0 aliphatic carbocycles. The highest BCUT2D eigenvalue weighted by molar-refractivity contribution is 5.68. The van der Waals surface area contributed by atoms with Gasteiger partial charge in [-0.05, 0) is 19.3 Å². The minimum Gasteiger partial charge on any atom is -0.469 e. The molecule has 0 radical (unpaired) electrons. The van der Waals surface area contributed by atoms with Gasteiger partial charge in [0.25, 0.3) is 0 Å². The Morgan fingerprint density at radius 3 is 2.68 bits per heavy atom. The van der Waals surface area contributed by atoms with E-state index in [-0.39, 0.29) is 12.0 Å². The summed E-state index contributed by atoms with van der Waals surface area (Å²) < 4.78 is 15.6. The van der Waals surface area contributed by atoms with E-state index in [1.165, 1.54) is 7.11 Å². The first kappa shape index (κ1) is 16.1. The third kappa shape index (κ3) is 4.60. The standard InChI is InChI=1S/C14H25NO4/c1-17-13(16)9-7-5-4-6-8-12-14(18-2,19-3)10-11-15-12/h4,6,12,15H,5,7-11H2,1-3H3/b6-4-. The van der Waals surface area contributed by atoms with Gasteiger partial charge in [0.1, 0.15) is 0 Å². The summed E-state index contributed by atoms with van der Waals surface area (Å²) in [5.74, 6) is -0.653. The van der Waals surface area contributed by atoms with Crippen molar-refractivity contribution >= 4 is 5.97 Å². The van der Waals surface area contributed by atoms with E-state index in [1.807, 2.05) is 0 Å². The topological polar surface area (TPSA) is 56.8 Å². The molecule has 1 aliphatic rings. The van der Waals surface area contributed by atoms with Crippen LogP contribution in [0.3, 0.4) is 0 Å². The number of carbonyl (C=O) groups excluding carboxylic acids is 1. The molecule has 1 atom stereocenters. The monoisotopic (exact) mass is 271 g/mol. The largest absolute Gasteiger partial charge is 0.469 e. The van der Waals surface area contributed by atoms with Crippen molar-refractivity contribution in [2.45, 2.75) is 43.9 Å². The zero-order valence-electron chi connectivity index (χ0n) is 12.1. The summed E-state index contributed by atoms with van der Waals surface area (Å²) >= 11 is 0. The summed E-state index contributed by atoms with van der Waals surface area (Å²) in [6.07, 6.45) is 8.12. The Hall–Kier alpha value is -0.910. The molecule has 1 rings (SSSR count). The molecule has 0 spiro atoms. The average Bonchev–Trinajstić information content (AvgIpc) is 2.85. The van der Waals surface area contributed by atoms with Gasteiger partial charge in [0.05, 0.1) is 13.2 Å². The van der Waals surface area contributed by atoms with E-state index in [2.05, 4.69) is 22.2 Å². The number of esters is 1. The molecule has 1 saturated heterocycles. The smallest absolute Gasteiger partial charge is 0.305 e. The molecule has 1 unspecified atom stereocenters. The molecular formula is C14H25NO4. The third-order valence-corrected chi connectivity index (χ3v) is 3.60. The Labute approximate surface area is 115 Å². The Bertz CT molecular complexity index is 300. The number of hydrogen-bond acceptors (Lipinski definition) is 5. The maximum absolute atomic E-state index is 10.9. The van der Waals surface area contributed by atoms with Crippen LogP contribution in [0.5, 0.6) is 0 Å². The molecule has 1 heterocycles. The molecule has 19 heavy (non-hydrogen) atoms. The number of nitrogens with one attached hydrogen (secondary N) is 1. The molecule has 110 valence electrons. The summed E-state index contributed by atoms with van der Waals surface area (Å²) in [5.41, 5.74) is 0. The van der Waals surface area contributed by atoms with Crippen LogP contribution in [-0.2, 0) is 19.0 Å². The van der Waals surface area contributed by atoms with Crippen LogP contribution in [0.4, 0.5) is 0 Å². The predicted molar refractivity (Wildman–Crippen MR) is 72.8 cm³/mol. The van der Waals surface area contributed by atoms with Crippen molar-refractivity contribution < 1.29 is 19.0 Å². The number of carbonyl (C=O) groups is 1. The number of hydrogen-bond donors (Lipinski definition) is 1. The fraction of sp³-hybridized carbons (Fsp3) is 0.786. The molecule has 1 N–H and O–H groups in total. The van der Waals surface area contributed by atoms with Crippen molar-refractivity contribution in [2.24, 2.45) is 0 Å². The summed E-state index contributed by atoms with van der Waals surface area (Å²) in [6.45, 7) is 0.905. The first-order valence-electron chi connectivity index (χ1n) is 6.74. The van der Waals surface area contributed by atoms with Crippen LogP contribution < -0.4 is 5.32 Å². The van der Waals surface area contributed by atoms with Gasteiger partial charge >= 0.3 is 5.97 Å². The van der Waals surface area contributed by atoms with Crippen molar-refractivity contribution in [3.05, 3.63) is 12.2 Å². The molecular weight excluding hydrogens is 246 g/mol. The van der Waals surface area contributed by atoms with Gasteiger partial charge < -0.3 is 19.5 Å². The van der Waals surface area contributed by atoms with Crippen LogP contribution in [-0.4, -0.2) is 45.7 Å². The van der Waals surface area contributed by atoms with Crippen LogP contribution in [0.2, 0.25) is 0 Å². The molecule has 0 bridgehead atoms. The van der Waals surface area contributed by atoms with Crippen LogP contribution in [0.1, 0.15) is 32.1 Å². The lowest BCUT2D eigenvalue weighted by molar-refractivity contribution is -0.210. The molecule has 1 aliphatic heterocycles. The van der Waals surface area contributed by atoms with Gasteiger partial charge in [0.15, 0.2) is 5.79 Å². The van der Waals surface area contributed by atoms with E-state index in [0.29, 0.717) is 6.42 Å². The van der Waals surface area contributed by atoms with E-state index in [0.717, 1.165) is 32.2 Å². The van der Waals surface area contributed by atoms with E-state index in [9.17, 15) is 4.79 Å². The highest BCUT2D eigenvalue weighted by Gasteiger charge is 2.42. The van der Waals surface area contributed by atoms with Gasteiger partial charge in [-0.25, -0.2) is 0 Å². The molecule has 1 fully saturated rings. The van der Waals surface area contributed by atoms with Crippen molar-refractivity contribution in [1.29, 1.82) is 0 Å². The van der Waals surface area contributed by atoms with E-state index < -0.39 is 5.79 Å². The first-order valence-corrected chi connectivity index (χ1v) is 6.74. The zero-order chi connectivity index (χ0) is 14.1. The number of ether oxygens (including phenoxy) is 3. The first-order chi connectivity index (χ1) is 9.18. The van der Waals surface area contributed by atoms with E-state index in [1.54, 1.807) is 14.2 Å². The third-order valence-electron chi connectivity index (χ3n) is 3.60. The fourth-order valence-corrected chi connectivity index (χ4v) is 2.40. The molecule has 0 amide bonds. The van der Waals surface area contributed by atoms with E-state index in [4.69, 9.17) is 9.47 Å². The number of unbranched alkanes of at least 4 members (excludes halogenated alkanes) is 1. The lowest BCUT2D eigenvalue weighted by Gasteiger charge is -2.31. The van der Waals surface area contributed by atoms with Crippen molar-refractivity contribution in [1.82, 2.24) is 5.32 Å². The second kappa shape index (κ2) is 8.30. The Morgan fingerprint density at radius 2 is 2.05 bits per heavy atom. The van der Waals surface area contributed by atoms with Gasteiger partial charge in [-0.15, -0.1) is 0 Å². The van der Waals surface area contributed by atoms with Crippen LogP contribution in [0.15, 0.2) is 12.2 Å². The molecule has 5 heteroatoms. The average molecular weight is 271 g/mol. The Kier molecular flexibility index (Phi) is 7.05. The number of methoxy groups -OCH3 is 3. The SMILES string of the molecule is COC(=O)CCC/C=C\CC1NCCC1(OC)OC. The number of allylic oxidation sites excluding steroid dienone is 1. The highest BCUT2D eigenvalue weighted by atomic mass is 16.7. The van der Waals surface area contributed by atoms with Gasteiger partial charge in [0.2, 0.25) is 0 Å². The second-order valence-electron chi connectivity index (χ2n) is 4.65. The highest BCUT2D eigenvalue weighted by Crippen LogP contribution is 2.28. The molecule has 5 nitrogen and oxygen atoms in total. The van der Waals surface area contributed by atoms with Crippen molar-refractivity contribution in [2.75, 3.05) is 27.9 Å². The summed E-state index contributed by atoms with van der Waals surface area (Å²) in [6, 6.07) is 0.180. The number of rotatable bonds is 8. The summed E-state index contributed by atoms with van der Waals surface area (Å²) in [7, 11) is 4.78. The van der Waals surface area contributed by atoms with Gasteiger partial charge in [-0.2, -0.15) is 0 Å². The van der Waals surface area contributed by atoms with Crippen LogP contribution in [0.25, 0.3) is 0 Å². The summed E-state index contributed by atoms with van der Waals surface area (Å²) in [5, 5.41) is 3.39. The minimum absolute atomic E-state index is 0.149. The lowest BCUT2D eigenvalue weighted by Crippen LogP contribution is -2.45. The summed E-state index contributed by atoms with van der Waals surface area (Å²) in [4.78, 5) is 10.9. The maximum Gasteiger partial charge on any atom is 0.305 e. The zero-order valence-corrected chi connectivity index (χ0v) is 12.1. The Morgan fingerprint density at radius 1 is 1.32 bits per heavy atom. The maximum atomic E-state index is 10.9. The quantitative estimate of drug-likeness (QED) is 0.315. The fourth-order valence-electron chi connectivity index (χ4n) is 2.40. The second-order valence-corrected chi connectivity index (χ2v) is 4.65. The van der Waals surface area contributed by atoms with Gasteiger partial charge in [0, 0.05) is 33.6 Å². The Balaban J connectivity index is 2.26. The molecule has 0 saturated carbocycles. The molecule has 0 aromatic carbocycles. The van der Waals surface area contributed by atoms with Gasteiger partial charge in [-0.3, -0.25) is 4.79 Å². The lowest BCUT2D eigenvalue weighted by atomic mass is 10.0. The van der Waals surface area contributed by atoms with Crippen molar-refractivity contribution in [3.63, 3.8) is 0 Å². The minimum atomic E-state index is -0.504. The van der Waals surface area contributed by atoms with Crippen LogP contribution >= 0.6 is 0 Å². The van der Waals surface area contributed by atoms with Crippen molar-refractivity contribution in [3.8, 4) is 0 Å². The normalized spacial score (nSPS) is 21.9. The molecule has 0 aromatic heterocycles. The predicted octanol–water partition coefficient (Wildman–Crippen LogP) is 1.63.